The van der Waals surface area contributed by atoms with Crippen LogP contribution in [0.25, 0.3) is 0 Å². The van der Waals surface area contributed by atoms with Crippen LogP contribution in [0.4, 0.5) is 0 Å². The van der Waals surface area contributed by atoms with Crippen molar-refractivity contribution >= 4 is 0 Å². The van der Waals surface area contributed by atoms with Gasteiger partial charge in [0.25, 0.3) is 0 Å². The molecule has 2 aliphatic rings. The van der Waals surface area contributed by atoms with Crippen molar-refractivity contribution in [2.75, 3.05) is 26.7 Å². The zero-order chi connectivity index (χ0) is 14.7. The molecule has 0 bridgehead atoms. The summed E-state index contributed by atoms with van der Waals surface area (Å²) in [6, 6.07) is 9.97. The minimum absolute atomic E-state index is 0.707. The summed E-state index contributed by atoms with van der Waals surface area (Å²) in [6.45, 7) is 5.89. The van der Waals surface area contributed by atoms with Gasteiger partial charge in [0.05, 0.1) is 7.11 Å². The van der Waals surface area contributed by atoms with Crippen molar-refractivity contribution in [3.8, 4) is 5.75 Å². The van der Waals surface area contributed by atoms with Gasteiger partial charge in [-0.1, -0.05) is 19.1 Å². The lowest BCUT2D eigenvalue weighted by atomic mass is 10.0. The van der Waals surface area contributed by atoms with Crippen LogP contribution in [0.5, 0.6) is 5.75 Å². The van der Waals surface area contributed by atoms with Crippen LogP contribution < -0.4 is 10.1 Å². The highest BCUT2D eigenvalue weighted by molar-refractivity contribution is 5.27. The first kappa shape index (κ1) is 14.9. The van der Waals surface area contributed by atoms with Crippen LogP contribution in [0.1, 0.15) is 31.7 Å². The van der Waals surface area contributed by atoms with Gasteiger partial charge in [-0.3, -0.25) is 4.90 Å². The molecule has 1 heterocycles. The van der Waals surface area contributed by atoms with Gasteiger partial charge >= 0.3 is 0 Å². The number of methoxy groups -OCH3 is 1. The van der Waals surface area contributed by atoms with Gasteiger partial charge in [-0.15, -0.1) is 0 Å². The lowest BCUT2D eigenvalue weighted by molar-refractivity contribution is 0.120. The zero-order valence-corrected chi connectivity index (χ0v) is 13.3. The average Bonchev–Trinajstić information content (AvgIpc) is 3.38. The van der Waals surface area contributed by atoms with E-state index < -0.39 is 0 Å². The number of hydrogen-bond donors (Lipinski definition) is 1. The van der Waals surface area contributed by atoms with E-state index in [4.69, 9.17) is 4.74 Å². The summed E-state index contributed by atoms with van der Waals surface area (Å²) in [5.41, 5.74) is 1.41. The summed E-state index contributed by atoms with van der Waals surface area (Å²) in [4.78, 5) is 2.71. The zero-order valence-electron chi connectivity index (χ0n) is 13.3. The molecule has 1 aliphatic heterocycles. The number of hydrogen-bond acceptors (Lipinski definition) is 3. The highest BCUT2D eigenvalue weighted by Gasteiger charge is 2.36. The minimum atomic E-state index is 0.707. The highest BCUT2D eigenvalue weighted by Crippen LogP contribution is 2.34. The van der Waals surface area contributed by atoms with Crippen LogP contribution in [0.2, 0.25) is 0 Å². The molecule has 2 fully saturated rings. The minimum Gasteiger partial charge on any atom is -0.497 e. The molecule has 21 heavy (non-hydrogen) atoms. The maximum atomic E-state index is 5.23. The fourth-order valence-electron chi connectivity index (χ4n) is 3.44. The van der Waals surface area contributed by atoms with Gasteiger partial charge in [0.1, 0.15) is 5.75 Å². The number of piperazine rings is 1. The molecule has 1 aromatic rings. The van der Waals surface area contributed by atoms with E-state index in [0.29, 0.717) is 6.04 Å². The fraction of sp³-hybridized carbons (Fsp3) is 0.667. The summed E-state index contributed by atoms with van der Waals surface area (Å²) in [5.74, 6) is 1.90. The number of rotatable bonds is 6. The Morgan fingerprint density at radius 1 is 1.24 bits per heavy atom. The molecular formula is C18H28N2O. The summed E-state index contributed by atoms with van der Waals surface area (Å²) < 4.78 is 5.23. The first-order chi connectivity index (χ1) is 10.3. The van der Waals surface area contributed by atoms with Gasteiger partial charge in [0.15, 0.2) is 0 Å². The molecule has 3 nitrogen and oxygen atoms in total. The predicted octanol–water partition coefficient (Wildman–Crippen LogP) is 2.70. The van der Waals surface area contributed by atoms with Crippen LogP contribution in [0.3, 0.4) is 0 Å². The third-order valence-electron chi connectivity index (χ3n) is 5.07. The van der Waals surface area contributed by atoms with Gasteiger partial charge in [-0.2, -0.15) is 0 Å². The third kappa shape index (κ3) is 3.78. The van der Waals surface area contributed by atoms with Gasteiger partial charge < -0.3 is 10.1 Å². The van der Waals surface area contributed by atoms with E-state index in [0.717, 1.165) is 24.1 Å². The second-order valence-electron chi connectivity index (χ2n) is 6.51. The molecule has 1 aromatic carbocycles. The van der Waals surface area contributed by atoms with Crippen molar-refractivity contribution in [3.05, 3.63) is 29.8 Å². The van der Waals surface area contributed by atoms with E-state index in [9.17, 15) is 0 Å². The van der Waals surface area contributed by atoms with Crippen molar-refractivity contribution in [1.82, 2.24) is 10.2 Å². The molecular weight excluding hydrogens is 260 g/mol. The first-order valence-corrected chi connectivity index (χ1v) is 8.40. The Hall–Kier alpha value is -1.06. The molecule has 2 unspecified atom stereocenters. The van der Waals surface area contributed by atoms with Gasteiger partial charge in [0, 0.05) is 31.7 Å². The maximum Gasteiger partial charge on any atom is 0.118 e. The van der Waals surface area contributed by atoms with Crippen molar-refractivity contribution in [2.45, 2.75) is 44.7 Å². The second-order valence-corrected chi connectivity index (χ2v) is 6.51. The van der Waals surface area contributed by atoms with E-state index >= 15 is 0 Å². The molecule has 1 N–H and O–H groups in total. The molecule has 116 valence electrons. The summed E-state index contributed by atoms with van der Waals surface area (Å²) in [5, 5.41) is 3.77. The number of benzene rings is 1. The maximum absolute atomic E-state index is 5.23. The molecule has 0 amide bonds. The quantitative estimate of drug-likeness (QED) is 0.871. The number of ether oxygens (including phenoxy) is 1. The van der Waals surface area contributed by atoms with E-state index in [1.807, 2.05) is 0 Å². The first-order valence-electron chi connectivity index (χ1n) is 8.40. The predicted molar refractivity (Wildman–Crippen MR) is 86.9 cm³/mol. The summed E-state index contributed by atoms with van der Waals surface area (Å²) in [7, 11) is 1.72. The molecule has 1 aliphatic carbocycles. The van der Waals surface area contributed by atoms with Crippen LogP contribution in [0, 0.1) is 5.92 Å². The molecule has 0 aromatic heterocycles. The monoisotopic (exact) mass is 288 g/mol. The molecule has 1 saturated carbocycles. The molecule has 3 heteroatoms. The normalized spacial score (nSPS) is 26.8. The largest absolute Gasteiger partial charge is 0.497 e. The molecule has 3 rings (SSSR count). The van der Waals surface area contributed by atoms with E-state index in [1.54, 1.807) is 7.11 Å². The lowest BCUT2D eigenvalue weighted by Crippen LogP contribution is -2.57. The number of nitrogens with zero attached hydrogens (tertiary/aromatic N) is 1. The van der Waals surface area contributed by atoms with Gasteiger partial charge in [-0.05, 0) is 49.3 Å². The van der Waals surface area contributed by atoms with Crippen LogP contribution in [0.15, 0.2) is 24.3 Å². The van der Waals surface area contributed by atoms with Crippen molar-refractivity contribution in [1.29, 1.82) is 0 Å². The topological polar surface area (TPSA) is 24.5 Å². The fourth-order valence-corrected chi connectivity index (χ4v) is 3.44. The van der Waals surface area contributed by atoms with Crippen LogP contribution in [-0.4, -0.2) is 43.7 Å². The Morgan fingerprint density at radius 3 is 2.62 bits per heavy atom. The van der Waals surface area contributed by atoms with Crippen molar-refractivity contribution < 1.29 is 4.74 Å². The Labute approximate surface area is 128 Å². The van der Waals surface area contributed by atoms with Gasteiger partial charge in [0.2, 0.25) is 0 Å². The molecule has 1 saturated heterocycles. The van der Waals surface area contributed by atoms with Crippen molar-refractivity contribution in [3.63, 3.8) is 0 Å². The van der Waals surface area contributed by atoms with Crippen LogP contribution >= 0.6 is 0 Å². The van der Waals surface area contributed by atoms with E-state index in [1.165, 1.54) is 44.5 Å². The third-order valence-corrected chi connectivity index (χ3v) is 5.07. The van der Waals surface area contributed by atoms with Crippen LogP contribution in [-0.2, 0) is 6.42 Å². The van der Waals surface area contributed by atoms with E-state index in [2.05, 4.69) is 41.4 Å². The second kappa shape index (κ2) is 6.80. The molecule has 0 radical (unpaired) electrons. The van der Waals surface area contributed by atoms with Crippen molar-refractivity contribution in [2.24, 2.45) is 5.92 Å². The Kier molecular flexibility index (Phi) is 4.81. The SMILES string of the molecule is CCC1CNC(C2CC2)CN1CCc1ccc(OC)cc1. The Bertz CT molecular complexity index is 441. The Morgan fingerprint density at radius 2 is 2.00 bits per heavy atom. The Balaban J connectivity index is 1.55. The molecule has 0 spiro atoms. The summed E-state index contributed by atoms with van der Waals surface area (Å²) in [6.07, 6.45) is 5.24. The average molecular weight is 288 g/mol. The molecule has 2 atom stereocenters. The summed E-state index contributed by atoms with van der Waals surface area (Å²) >= 11 is 0. The lowest BCUT2D eigenvalue weighted by Gasteiger charge is -2.40. The van der Waals surface area contributed by atoms with Gasteiger partial charge in [-0.25, -0.2) is 0 Å². The van der Waals surface area contributed by atoms with E-state index in [-0.39, 0.29) is 0 Å². The number of nitrogens with one attached hydrogen (secondary N) is 1. The smallest absolute Gasteiger partial charge is 0.118 e. The standard InChI is InChI=1S/C18H28N2O/c1-3-16-12-19-18(15-6-7-15)13-20(16)11-10-14-4-8-17(21-2)9-5-14/h4-5,8-9,15-16,18-19H,3,6-7,10-13H2,1-2H3. The highest BCUT2D eigenvalue weighted by atomic mass is 16.5.